The second-order valence-electron chi connectivity index (χ2n) is 5.94. The molecule has 0 bridgehead atoms. The maximum absolute atomic E-state index is 12.1. The minimum atomic E-state index is -0.196. The zero-order valence-electron chi connectivity index (χ0n) is 12.2. The van der Waals surface area contributed by atoms with Crippen LogP contribution in [0.2, 0.25) is 0 Å². The second-order valence-corrected chi connectivity index (χ2v) is 5.94. The number of hydrogen-bond acceptors (Lipinski definition) is 3. The van der Waals surface area contributed by atoms with E-state index in [0.717, 1.165) is 30.8 Å². The maximum Gasteiger partial charge on any atom is 0.313 e. The first-order valence-corrected chi connectivity index (χ1v) is 6.68. The number of ether oxygens (including phenoxy) is 2. The highest BCUT2D eigenvalue weighted by atomic mass is 16.5. The van der Waals surface area contributed by atoms with Gasteiger partial charge >= 0.3 is 5.97 Å². The van der Waals surface area contributed by atoms with Crippen molar-refractivity contribution in [2.24, 2.45) is 5.41 Å². The molecule has 1 saturated heterocycles. The highest BCUT2D eigenvalue weighted by molar-refractivity contribution is 5.78. The lowest BCUT2D eigenvalue weighted by molar-refractivity contribution is -0.148. The molecule has 1 heterocycles. The molecule has 3 nitrogen and oxygen atoms in total. The van der Waals surface area contributed by atoms with Crippen LogP contribution in [0.25, 0.3) is 0 Å². The van der Waals surface area contributed by atoms with Crippen molar-refractivity contribution in [1.82, 2.24) is 0 Å². The molecule has 0 radical (unpaired) electrons. The van der Waals surface area contributed by atoms with Crippen LogP contribution in [0.3, 0.4) is 0 Å². The molecule has 1 unspecified atom stereocenters. The monoisotopic (exact) mass is 262 g/mol. The average molecular weight is 262 g/mol. The van der Waals surface area contributed by atoms with Gasteiger partial charge in [0.05, 0.1) is 26.2 Å². The summed E-state index contributed by atoms with van der Waals surface area (Å²) in [6.07, 6.45) is 0.782. The van der Waals surface area contributed by atoms with E-state index in [9.17, 15) is 4.79 Å². The molecule has 0 aromatic heterocycles. The standard InChI is InChI=1S/C16H22O3/c1-11-5-6-12(2)13(7-11)14(15(17)18-4)8-16(3)9-19-10-16/h5-7,14H,8-10H2,1-4H3. The molecule has 1 aromatic rings. The number of carbonyl (C=O) groups excluding carboxylic acids is 1. The van der Waals surface area contributed by atoms with E-state index in [4.69, 9.17) is 9.47 Å². The molecule has 104 valence electrons. The first-order chi connectivity index (χ1) is 8.95. The van der Waals surface area contributed by atoms with E-state index >= 15 is 0 Å². The van der Waals surface area contributed by atoms with Crippen LogP contribution in [0.1, 0.15) is 36.0 Å². The normalized spacial score (nSPS) is 18.5. The van der Waals surface area contributed by atoms with Gasteiger partial charge in [0.25, 0.3) is 0 Å². The molecule has 3 heteroatoms. The lowest BCUT2D eigenvalue weighted by Crippen LogP contribution is -2.42. The summed E-state index contributed by atoms with van der Waals surface area (Å²) in [6, 6.07) is 6.24. The summed E-state index contributed by atoms with van der Waals surface area (Å²) in [5, 5.41) is 0. The van der Waals surface area contributed by atoms with Crippen LogP contribution in [-0.2, 0) is 14.3 Å². The Labute approximate surface area is 114 Å². The highest BCUT2D eigenvalue weighted by Gasteiger charge is 2.39. The van der Waals surface area contributed by atoms with Gasteiger partial charge in [-0.15, -0.1) is 0 Å². The van der Waals surface area contributed by atoms with Crippen LogP contribution in [-0.4, -0.2) is 26.3 Å². The van der Waals surface area contributed by atoms with Crippen molar-refractivity contribution in [2.45, 2.75) is 33.1 Å². The van der Waals surface area contributed by atoms with Crippen molar-refractivity contribution in [2.75, 3.05) is 20.3 Å². The maximum atomic E-state index is 12.1. The number of carbonyl (C=O) groups is 1. The van der Waals surface area contributed by atoms with Gasteiger partial charge in [-0.05, 0) is 31.4 Å². The lowest BCUT2D eigenvalue weighted by Gasteiger charge is -2.40. The first-order valence-electron chi connectivity index (χ1n) is 6.68. The molecule has 0 N–H and O–H groups in total. The summed E-state index contributed by atoms with van der Waals surface area (Å²) in [5.41, 5.74) is 3.49. The van der Waals surface area contributed by atoms with E-state index in [-0.39, 0.29) is 17.3 Å². The van der Waals surface area contributed by atoms with E-state index < -0.39 is 0 Å². The molecule has 1 aliphatic heterocycles. The van der Waals surface area contributed by atoms with Gasteiger partial charge in [-0.2, -0.15) is 0 Å². The van der Waals surface area contributed by atoms with Gasteiger partial charge < -0.3 is 9.47 Å². The Balaban J connectivity index is 2.31. The van der Waals surface area contributed by atoms with Crippen molar-refractivity contribution in [3.8, 4) is 0 Å². The Bertz CT molecular complexity index is 475. The number of methoxy groups -OCH3 is 1. The van der Waals surface area contributed by atoms with Gasteiger partial charge in [0.15, 0.2) is 0 Å². The Kier molecular flexibility index (Phi) is 3.95. The van der Waals surface area contributed by atoms with Gasteiger partial charge in [0.2, 0.25) is 0 Å². The number of esters is 1. The fraction of sp³-hybridized carbons (Fsp3) is 0.562. The predicted octanol–water partition coefficient (Wildman–Crippen LogP) is 2.99. The molecule has 1 aromatic carbocycles. The zero-order valence-corrected chi connectivity index (χ0v) is 12.2. The highest BCUT2D eigenvalue weighted by Crippen LogP contribution is 2.39. The largest absolute Gasteiger partial charge is 0.469 e. The van der Waals surface area contributed by atoms with Crippen LogP contribution < -0.4 is 0 Å². The van der Waals surface area contributed by atoms with Crippen molar-refractivity contribution in [3.05, 3.63) is 34.9 Å². The first kappa shape index (κ1) is 14.1. The van der Waals surface area contributed by atoms with E-state index in [0.29, 0.717) is 0 Å². The number of aryl methyl sites for hydroxylation is 2. The summed E-state index contributed by atoms with van der Waals surface area (Å²) in [7, 11) is 1.46. The fourth-order valence-corrected chi connectivity index (χ4v) is 2.66. The summed E-state index contributed by atoms with van der Waals surface area (Å²) in [6.45, 7) is 7.71. The Morgan fingerprint density at radius 2 is 2.11 bits per heavy atom. The van der Waals surface area contributed by atoms with E-state index in [2.05, 4.69) is 25.1 Å². The second kappa shape index (κ2) is 5.33. The van der Waals surface area contributed by atoms with Crippen molar-refractivity contribution >= 4 is 5.97 Å². The van der Waals surface area contributed by atoms with Crippen molar-refractivity contribution in [3.63, 3.8) is 0 Å². The molecule has 1 atom stereocenters. The summed E-state index contributed by atoms with van der Waals surface area (Å²) < 4.78 is 10.3. The Morgan fingerprint density at radius 1 is 1.42 bits per heavy atom. The predicted molar refractivity (Wildman–Crippen MR) is 74.2 cm³/mol. The van der Waals surface area contributed by atoms with Gasteiger partial charge in [-0.3, -0.25) is 4.79 Å². The third kappa shape index (κ3) is 2.98. The third-order valence-corrected chi connectivity index (χ3v) is 3.89. The molecular weight excluding hydrogens is 240 g/mol. The van der Waals surface area contributed by atoms with Crippen molar-refractivity contribution < 1.29 is 14.3 Å². The average Bonchev–Trinajstić information content (AvgIpc) is 2.36. The number of benzene rings is 1. The number of hydrogen-bond donors (Lipinski definition) is 0. The molecule has 0 spiro atoms. The molecule has 2 rings (SSSR count). The topological polar surface area (TPSA) is 35.5 Å². The van der Waals surface area contributed by atoms with Gasteiger partial charge in [-0.1, -0.05) is 30.7 Å². The van der Waals surface area contributed by atoms with Crippen molar-refractivity contribution in [1.29, 1.82) is 0 Å². The fourth-order valence-electron chi connectivity index (χ4n) is 2.66. The quantitative estimate of drug-likeness (QED) is 0.783. The van der Waals surface area contributed by atoms with E-state index in [1.165, 1.54) is 12.7 Å². The Hall–Kier alpha value is -1.35. The zero-order chi connectivity index (χ0) is 14.0. The molecular formula is C16H22O3. The van der Waals surface area contributed by atoms with Gasteiger partial charge in [0, 0.05) is 5.41 Å². The van der Waals surface area contributed by atoms with E-state index in [1.54, 1.807) is 0 Å². The van der Waals surface area contributed by atoms with Crippen LogP contribution in [0.5, 0.6) is 0 Å². The van der Waals surface area contributed by atoms with E-state index in [1.807, 2.05) is 13.8 Å². The molecule has 19 heavy (non-hydrogen) atoms. The lowest BCUT2D eigenvalue weighted by atomic mass is 9.76. The third-order valence-electron chi connectivity index (χ3n) is 3.89. The molecule has 1 aliphatic rings. The molecule has 0 saturated carbocycles. The minimum Gasteiger partial charge on any atom is -0.469 e. The van der Waals surface area contributed by atoms with Crippen LogP contribution in [0.4, 0.5) is 0 Å². The van der Waals surface area contributed by atoms with Crippen LogP contribution in [0.15, 0.2) is 18.2 Å². The summed E-state index contributed by atoms with van der Waals surface area (Å²) in [4.78, 5) is 12.1. The van der Waals surface area contributed by atoms with Crippen LogP contribution in [0, 0.1) is 19.3 Å². The summed E-state index contributed by atoms with van der Waals surface area (Å²) in [5.74, 6) is -0.347. The summed E-state index contributed by atoms with van der Waals surface area (Å²) >= 11 is 0. The SMILES string of the molecule is COC(=O)C(CC1(C)COC1)c1cc(C)ccc1C. The van der Waals surface area contributed by atoms with Crippen LogP contribution >= 0.6 is 0 Å². The molecule has 1 fully saturated rings. The van der Waals surface area contributed by atoms with Gasteiger partial charge in [-0.25, -0.2) is 0 Å². The molecule has 0 amide bonds. The molecule has 0 aliphatic carbocycles. The number of rotatable bonds is 4. The minimum absolute atomic E-state index is 0.0923. The van der Waals surface area contributed by atoms with Gasteiger partial charge in [0.1, 0.15) is 0 Å². The Morgan fingerprint density at radius 3 is 2.63 bits per heavy atom. The smallest absolute Gasteiger partial charge is 0.313 e.